The molecule has 25 heavy (non-hydrogen) atoms. The van der Waals surface area contributed by atoms with Crippen molar-refractivity contribution < 1.29 is 14.7 Å². The Kier molecular flexibility index (Phi) is 8.34. The molecule has 3 unspecified atom stereocenters. The van der Waals surface area contributed by atoms with Crippen molar-refractivity contribution in [3.63, 3.8) is 0 Å². The summed E-state index contributed by atoms with van der Waals surface area (Å²) in [6.45, 7) is 4.26. The number of unbranched alkanes of at least 4 members (excludes halogenated alkanes) is 3. The quantitative estimate of drug-likeness (QED) is 0.311. The van der Waals surface area contributed by atoms with Crippen LogP contribution in [-0.4, -0.2) is 51.9 Å². The van der Waals surface area contributed by atoms with Crippen LogP contribution in [0.25, 0.3) is 0 Å². The van der Waals surface area contributed by atoms with Crippen molar-refractivity contribution in [1.82, 2.24) is 10.2 Å². The Hall–Kier alpha value is -1.15. The summed E-state index contributed by atoms with van der Waals surface area (Å²) in [6.07, 6.45) is 4.55. The topological polar surface area (TPSA) is 99.1 Å². The van der Waals surface area contributed by atoms with Gasteiger partial charge in [0.1, 0.15) is 5.54 Å². The summed E-state index contributed by atoms with van der Waals surface area (Å²) < 4.78 is 0. The van der Waals surface area contributed by atoms with E-state index in [1.807, 2.05) is 11.9 Å². The number of carboxylic acid groups (broad SMARTS) is 1. The van der Waals surface area contributed by atoms with Crippen LogP contribution in [0.2, 0.25) is 0 Å². The molecule has 0 aliphatic carbocycles. The molecule has 0 aromatic heterocycles. The lowest BCUT2D eigenvalue weighted by Crippen LogP contribution is -2.70. The Morgan fingerprint density at radius 2 is 2.04 bits per heavy atom. The van der Waals surface area contributed by atoms with E-state index in [-0.39, 0.29) is 37.0 Å². The fourth-order valence-corrected chi connectivity index (χ4v) is 3.99. The predicted molar refractivity (Wildman–Crippen MR) is 101 cm³/mol. The SMILES string of the molecule is CCCCCCC(=O)NC(CC)(C(=O)O)C1(N=O)CCN(C)C(S)C1. The van der Waals surface area contributed by atoms with E-state index in [1.165, 1.54) is 0 Å². The molecule has 8 heteroatoms. The van der Waals surface area contributed by atoms with Crippen LogP contribution in [0.15, 0.2) is 5.18 Å². The molecule has 0 spiro atoms. The highest BCUT2D eigenvalue weighted by molar-refractivity contribution is 7.80. The summed E-state index contributed by atoms with van der Waals surface area (Å²) in [5, 5.41) is 15.6. The van der Waals surface area contributed by atoms with Crippen molar-refractivity contribution in [3.05, 3.63) is 4.91 Å². The molecule has 7 nitrogen and oxygen atoms in total. The summed E-state index contributed by atoms with van der Waals surface area (Å²) in [5.74, 6) is -1.54. The number of hydrogen-bond acceptors (Lipinski definition) is 6. The Morgan fingerprint density at radius 3 is 2.52 bits per heavy atom. The molecule has 1 saturated heterocycles. The number of amides is 1. The highest BCUT2D eigenvalue weighted by atomic mass is 32.1. The predicted octanol–water partition coefficient (Wildman–Crippen LogP) is 2.79. The van der Waals surface area contributed by atoms with Gasteiger partial charge in [0.05, 0.1) is 5.37 Å². The van der Waals surface area contributed by atoms with Gasteiger partial charge in [-0.15, -0.1) is 0 Å². The van der Waals surface area contributed by atoms with Crippen molar-refractivity contribution in [2.75, 3.05) is 13.6 Å². The first-order valence-corrected chi connectivity index (χ1v) is 9.57. The molecule has 2 N–H and O–H groups in total. The lowest BCUT2D eigenvalue weighted by Gasteiger charge is -2.48. The van der Waals surface area contributed by atoms with Gasteiger partial charge in [-0.1, -0.05) is 38.3 Å². The summed E-state index contributed by atoms with van der Waals surface area (Å²) >= 11 is 4.45. The maximum atomic E-state index is 12.4. The van der Waals surface area contributed by atoms with Crippen LogP contribution in [0, 0.1) is 4.91 Å². The first-order valence-electron chi connectivity index (χ1n) is 9.05. The second-order valence-electron chi connectivity index (χ2n) is 6.96. The largest absolute Gasteiger partial charge is 0.479 e. The third-order valence-corrected chi connectivity index (χ3v) is 5.96. The van der Waals surface area contributed by atoms with Gasteiger partial charge in [0.2, 0.25) is 5.91 Å². The van der Waals surface area contributed by atoms with E-state index in [1.54, 1.807) is 6.92 Å². The van der Waals surface area contributed by atoms with Crippen LogP contribution in [0.5, 0.6) is 0 Å². The third kappa shape index (κ3) is 4.73. The number of carbonyl (C=O) groups excluding carboxylic acids is 1. The Bertz CT molecular complexity index is 491. The highest BCUT2D eigenvalue weighted by Crippen LogP contribution is 2.42. The van der Waals surface area contributed by atoms with Gasteiger partial charge in [-0.3, -0.25) is 9.69 Å². The zero-order valence-corrected chi connectivity index (χ0v) is 16.3. The van der Waals surface area contributed by atoms with Crippen LogP contribution < -0.4 is 5.32 Å². The monoisotopic (exact) mass is 373 g/mol. The van der Waals surface area contributed by atoms with E-state index in [0.29, 0.717) is 13.0 Å². The molecule has 1 fully saturated rings. The zero-order valence-electron chi connectivity index (χ0n) is 15.5. The second kappa shape index (κ2) is 9.52. The molecule has 1 aliphatic heterocycles. The number of nitroso groups, excluding NO2 is 1. The van der Waals surface area contributed by atoms with Crippen LogP contribution in [-0.2, 0) is 9.59 Å². The summed E-state index contributed by atoms with van der Waals surface area (Å²) in [4.78, 5) is 38.3. The first-order chi connectivity index (χ1) is 11.8. The molecular weight excluding hydrogens is 342 g/mol. The smallest absolute Gasteiger partial charge is 0.332 e. The summed E-state index contributed by atoms with van der Waals surface area (Å²) in [5.41, 5.74) is -3.09. The molecule has 1 rings (SSSR count). The standard InChI is InChI=1S/C17H31N3O4S/c1-4-6-7-8-9-13(21)18-17(5-2,15(22)23)16(19-24)10-11-20(3)14(25)12-16/h14,25H,4-12H2,1-3H3,(H,18,21)(H,22,23). The second-order valence-corrected chi connectivity index (χ2v) is 7.56. The van der Waals surface area contributed by atoms with Gasteiger partial charge >= 0.3 is 5.97 Å². The van der Waals surface area contributed by atoms with E-state index in [4.69, 9.17) is 0 Å². The normalized spacial score (nSPS) is 26.6. The van der Waals surface area contributed by atoms with E-state index in [0.717, 1.165) is 19.3 Å². The number of carbonyl (C=O) groups is 2. The van der Waals surface area contributed by atoms with E-state index in [2.05, 4.69) is 30.0 Å². The summed E-state index contributed by atoms with van der Waals surface area (Å²) in [7, 11) is 1.87. The molecule has 1 amide bonds. The number of rotatable bonds is 10. The van der Waals surface area contributed by atoms with Crippen LogP contribution in [0.1, 0.15) is 65.2 Å². The first kappa shape index (κ1) is 21.9. The Balaban J connectivity index is 3.02. The molecule has 3 atom stereocenters. The van der Waals surface area contributed by atoms with Gasteiger partial charge in [0.25, 0.3) is 0 Å². The Labute approximate surface area is 155 Å². The minimum absolute atomic E-state index is 0.0962. The number of nitrogens with one attached hydrogen (secondary N) is 1. The minimum Gasteiger partial charge on any atom is -0.479 e. The van der Waals surface area contributed by atoms with Gasteiger partial charge in [-0.25, -0.2) is 4.79 Å². The lowest BCUT2D eigenvalue weighted by atomic mass is 9.69. The summed E-state index contributed by atoms with van der Waals surface area (Å²) in [6, 6.07) is 0. The fourth-order valence-electron chi connectivity index (χ4n) is 3.57. The van der Waals surface area contributed by atoms with Gasteiger partial charge in [-0.2, -0.15) is 17.5 Å². The van der Waals surface area contributed by atoms with Gasteiger partial charge in [-0.05, 0) is 26.3 Å². The van der Waals surface area contributed by atoms with Crippen molar-refractivity contribution in [1.29, 1.82) is 0 Å². The maximum absolute atomic E-state index is 12.4. The van der Waals surface area contributed by atoms with Crippen LogP contribution in [0.3, 0.4) is 0 Å². The molecular formula is C17H31N3O4S. The van der Waals surface area contributed by atoms with Crippen molar-refractivity contribution >= 4 is 24.5 Å². The third-order valence-electron chi connectivity index (χ3n) is 5.38. The molecule has 144 valence electrons. The number of nitrogens with zero attached hydrogens (tertiary/aromatic N) is 2. The lowest BCUT2D eigenvalue weighted by molar-refractivity contribution is -0.153. The van der Waals surface area contributed by atoms with E-state index in [9.17, 15) is 19.6 Å². The molecule has 0 bridgehead atoms. The van der Waals surface area contributed by atoms with E-state index >= 15 is 0 Å². The number of likely N-dealkylation sites (tertiary alicyclic amines) is 1. The molecule has 0 aromatic rings. The fraction of sp³-hybridized carbons (Fsp3) is 0.882. The number of thiol groups is 1. The average molecular weight is 374 g/mol. The molecule has 0 aromatic carbocycles. The number of piperidine rings is 1. The average Bonchev–Trinajstić information content (AvgIpc) is 2.59. The zero-order chi connectivity index (χ0) is 19.1. The number of carboxylic acids is 1. The van der Waals surface area contributed by atoms with Gasteiger partial charge in [0.15, 0.2) is 5.54 Å². The van der Waals surface area contributed by atoms with Crippen LogP contribution in [0.4, 0.5) is 0 Å². The highest BCUT2D eigenvalue weighted by Gasteiger charge is 2.60. The minimum atomic E-state index is -1.70. The van der Waals surface area contributed by atoms with Gasteiger partial charge in [0, 0.05) is 19.4 Å². The Morgan fingerprint density at radius 1 is 1.36 bits per heavy atom. The number of aliphatic carboxylic acids is 1. The molecule has 1 aliphatic rings. The van der Waals surface area contributed by atoms with Crippen LogP contribution >= 0.6 is 12.6 Å². The van der Waals surface area contributed by atoms with Gasteiger partial charge < -0.3 is 10.4 Å². The molecule has 1 heterocycles. The van der Waals surface area contributed by atoms with Crippen molar-refractivity contribution in [2.45, 2.75) is 81.7 Å². The maximum Gasteiger partial charge on any atom is 0.332 e. The molecule has 0 saturated carbocycles. The number of hydrogen-bond donors (Lipinski definition) is 3. The van der Waals surface area contributed by atoms with E-state index < -0.39 is 17.0 Å². The van der Waals surface area contributed by atoms with Crippen molar-refractivity contribution in [2.24, 2.45) is 5.18 Å². The van der Waals surface area contributed by atoms with Crippen molar-refractivity contribution in [3.8, 4) is 0 Å². The molecule has 0 radical (unpaired) electrons.